The molecule has 1 saturated heterocycles. The zero-order valence-electron chi connectivity index (χ0n) is 17.9. The third kappa shape index (κ3) is 6.11. The highest BCUT2D eigenvalue weighted by atomic mass is 19.1. The van der Waals surface area contributed by atoms with Gasteiger partial charge in [-0.2, -0.15) is 0 Å². The van der Waals surface area contributed by atoms with E-state index in [2.05, 4.69) is 10.1 Å². The van der Waals surface area contributed by atoms with Crippen LogP contribution in [-0.4, -0.2) is 60.7 Å². The van der Waals surface area contributed by atoms with E-state index < -0.39 is 0 Å². The van der Waals surface area contributed by atoms with Gasteiger partial charge in [0.15, 0.2) is 17.1 Å². The molecule has 0 spiro atoms. The van der Waals surface area contributed by atoms with Crippen molar-refractivity contribution in [3.8, 4) is 17.2 Å². The normalized spacial score (nSPS) is 14.4. The number of nitrogens with zero attached hydrogens (tertiary/aromatic N) is 2. The number of aliphatic hydroxyl groups is 1. The molecule has 176 valence electrons. The highest BCUT2D eigenvalue weighted by molar-refractivity contribution is 5.79. The summed E-state index contributed by atoms with van der Waals surface area (Å²) in [6.45, 7) is 3.46. The summed E-state index contributed by atoms with van der Waals surface area (Å²) < 4.78 is 29.7. The number of fused-ring (bicyclic) bond motifs is 1. The number of halogens is 1. The fourth-order valence-electron chi connectivity index (χ4n) is 3.90. The van der Waals surface area contributed by atoms with Crippen LogP contribution in [0.1, 0.15) is 38.3 Å². The molecule has 1 aliphatic rings. The number of aliphatic hydroxyl groups excluding tert-OH is 1. The minimum Gasteiger partial charge on any atom is -0.508 e. The first-order chi connectivity index (χ1) is 15.1. The molecule has 1 aromatic heterocycles. The molecule has 1 aliphatic heterocycles. The molecular formula is C24H33FN2O5. The molecule has 0 amide bonds. The van der Waals surface area contributed by atoms with E-state index in [1.165, 1.54) is 12.1 Å². The van der Waals surface area contributed by atoms with Crippen LogP contribution in [0.2, 0.25) is 0 Å². The van der Waals surface area contributed by atoms with Gasteiger partial charge in [0.1, 0.15) is 11.6 Å². The molecule has 32 heavy (non-hydrogen) atoms. The Balaban J connectivity index is 0.00000118. The van der Waals surface area contributed by atoms with Gasteiger partial charge in [0, 0.05) is 37.1 Å². The SMILES string of the molecule is C.CO.COc1ccc(O)cc1OCCCN1CCC(c2noc3cc(F)ccc23)CC1. The van der Waals surface area contributed by atoms with E-state index >= 15 is 0 Å². The summed E-state index contributed by atoms with van der Waals surface area (Å²) >= 11 is 0. The van der Waals surface area contributed by atoms with Gasteiger partial charge in [0.05, 0.1) is 19.4 Å². The third-order valence-electron chi connectivity index (χ3n) is 5.46. The van der Waals surface area contributed by atoms with E-state index in [0.29, 0.717) is 29.6 Å². The second kappa shape index (κ2) is 12.3. The molecule has 7 nitrogen and oxygen atoms in total. The number of hydrogen-bond donors (Lipinski definition) is 2. The van der Waals surface area contributed by atoms with Gasteiger partial charge in [-0.05, 0) is 56.6 Å². The zero-order valence-corrected chi connectivity index (χ0v) is 17.9. The second-order valence-electron chi connectivity index (χ2n) is 7.36. The molecule has 0 atom stereocenters. The molecule has 0 aliphatic carbocycles. The lowest BCUT2D eigenvalue weighted by atomic mass is 9.91. The first-order valence-corrected chi connectivity index (χ1v) is 10.4. The number of phenolic OH excluding ortho intramolecular Hbond substituents is 1. The van der Waals surface area contributed by atoms with Gasteiger partial charge in [-0.3, -0.25) is 0 Å². The number of methoxy groups -OCH3 is 1. The van der Waals surface area contributed by atoms with Gasteiger partial charge in [0.2, 0.25) is 0 Å². The number of aromatic nitrogens is 1. The quantitative estimate of drug-likeness (QED) is 0.512. The summed E-state index contributed by atoms with van der Waals surface area (Å²) in [6, 6.07) is 9.44. The lowest BCUT2D eigenvalue weighted by Gasteiger charge is -2.31. The van der Waals surface area contributed by atoms with Crippen molar-refractivity contribution in [2.45, 2.75) is 32.6 Å². The highest BCUT2D eigenvalue weighted by Crippen LogP contribution is 2.33. The predicted octanol–water partition coefficient (Wildman–Crippen LogP) is 4.57. The van der Waals surface area contributed by atoms with E-state index in [1.54, 1.807) is 31.4 Å². The maximum atomic E-state index is 13.3. The highest BCUT2D eigenvalue weighted by Gasteiger charge is 2.25. The molecule has 8 heteroatoms. The van der Waals surface area contributed by atoms with E-state index in [9.17, 15) is 9.50 Å². The molecule has 0 bridgehead atoms. The Hall–Kier alpha value is -2.84. The first-order valence-electron chi connectivity index (χ1n) is 10.4. The van der Waals surface area contributed by atoms with Gasteiger partial charge in [-0.1, -0.05) is 12.6 Å². The summed E-state index contributed by atoms with van der Waals surface area (Å²) in [7, 11) is 2.58. The molecule has 2 aromatic carbocycles. The van der Waals surface area contributed by atoms with Crippen molar-refractivity contribution < 1.29 is 28.6 Å². The molecular weight excluding hydrogens is 415 g/mol. The van der Waals surface area contributed by atoms with Crippen LogP contribution in [0, 0.1) is 5.82 Å². The fourth-order valence-corrected chi connectivity index (χ4v) is 3.90. The molecule has 2 heterocycles. The van der Waals surface area contributed by atoms with Crippen LogP contribution in [0.3, 0.4) is 0 Å². The maximum Gasteiger partial charge on any atom is 0.170 e. The Bertz CT molecular complexity index is 970. The second-order valence-corrected chi connectivity index (χ2v) is 7.36. The van der Waals surface area contributed by atoms with Crippen LogP contribution in [0.4, 0.5) is 4.39 Å². The van der Waals surface area contributed by atoms with Gasteiger partial charge < -0.3 is 29.1 Å². The van der Waals surface area contributed by atoms with Crippen LogP contribution in [-0.2, 0) is 0 Å². The average Bonchev–Trinajstić information content (AvgIpc) is 3.21. The van der Waals surface area contributed by atoms with E-state index in [-0.39, 0.29) is 19.0 Å². The number of ether oxygens (including phenoxy) is 2. The van der Waals surface area contributed by atoms with Gasteiger partial charge in [-0.25, -0.2) is 4.39 Å². The maximum absolute atomic E-state index is 13.3. The Morgan fingerprint density at radius 2 is 1.88 bits per heavy atom. The Labute approximate surface area is 188 Å². The minimum absolute atomic E-state index is 0. The Morgan fingerprint density at radius 1 is 1.12 bits per heavy atom. The molecule has 2 N–H and O–H groups in total. The third-order valence-corrected chi connectivity index (χ3v) is 5.46. The van der Waals surface area contributed by atoms with Crippen LogP contribution in [0.15, 0.2) is 40.9 Å². The fraction of sp³-hybridized carbons (Fsp3) is 0.458. The molecule has 1 fully saturated rings. The standard InChI is InChI=1S/C22H25FN2O4.CH4O.CH4/c1-27-19-6-4-17(26)14-21(19)28-12-2-9-25-10-7-15(8-11-25)22-18-5-3-16(23)13-20(18)29-24-22;1-2;/h3-6,13-15,26H,2,7-12H2,1H3;2H,1H3;1H4. The average molecular weight is 449 g/mol. The molecule has 4 rings (SSSR count). The van der Waals surface area contributed by atoms with Crippen molar-refractivity contribution in [3.63, 3.8) is 0 Å². The largest absolute Gasteiger partial charge is 0.508 e. The Kier molecular flexibility index (Phi) is 9.74. The summed E-state index contributed by atoms with van der Waals surface area (Å²) in [6.07, 6.45) is 2.89. The van der Waals surface area contributed by atoms with E-state index in [4.69, 9.17) is 19.1 Å². The van der Waals surface area contributed by atoms with Crippen molar-refractivity contribution in [1.82, 2.24) is 10.1 Å². The van der Waals surface area contributed by atoms with Crippen LogP contribution < -0.4 is 9.47 Å². The predicted molar refractivity (Wildman–Crippen MR) is 122 cm³/mol. The summed E-state index contributed by atoms with van der Waals surface area (Å²) in [5, 5.41) is 21.7. The number of benzene rings is 2. The number of likely N-dealkylation sites (tertiary alicyclic amines) is 1. The van der Waals surface area contributed by atoms with Gasteiger partial charge in [0.25, 0.3) is 0 Å². The lowest BCUT2D eigenvalue weighted by molar-refractivity contribution is 0.189. The van der Waals surface area contributed by atoms with Gasteiger partial charge in [-0.15, -0.1) is 0 Å². The number of hydrogen-bond acceptors (Lipinski definition) is 7. The van der Waals surface area contributed by atoms with Crippen molar-refractivity contribution in [2.24, 2.45) is 0 Å². The van der Waals surface area contributed by atoms with Crippen molar-refractivity contribution in [2.75, 3.05) is 40.5 Å². The number of phenols is 1. The number of piperidine rings is 1. The van der Waals surface area contributed by atoms with Crippen LogP contribution >= 0.6 is 0 Å². The van der Waals surface area contributed by atoms with Gasteiger partial charge >= 0.3 is 0 Å². The van der Waals surface area contributed by atoms with Crippen LogP contribution in [0.5, 0.6) is 17.2 Å². The van der Waals surface area contributed by atoms with Crippen molar-refractivity contribution >= 4 is 11.0 Å². The first kappa shape index (κ1) is 25.4. The van der Waals surface area contributed by atoms with E-state index in [1.807, 2.05) is 0 Å². The zero-order chi connectivity index (χ0) is 22.2. The topological polar surface area (TPSA) is 88.2 Å². The monoisotopic (exact) mass is 448 g/mol. The summed E-state index contributed by atoms with van der Waals surface area (Å²) in [5.74, 6) is 1.36. The Morgan fingerprint density at radius 3 is 2.59 bits per heavy atom. The van der Waals surface area contributed by atoms with E-state index in [0.717, 1.165) is 57.1 Å². The number of rotatable bonds is 7. The lowest BCUT2D eigenvalue weighted by Crippen LogP contribution is -2.34. The molecule has 3 aromatic rings. The summed E-state index contributed by atoms with van der Waals surface area (Å²) in [4.78, 5) is 2.42. The smallest absolute Gasteiger partial charge is 0.170 e. The number of aromatic hydroxyl groups is 1. The minimum atomic E-state index is -0.305. The summed E-state index contributed by atoms with van der Waals surface area (Å²) in [5.41, 5.74) is 1.46. The van der Waals surface area contributed by atoms with Crippen LogP contribution in [0.25, 0.3) is 11.0 Å². The molecule has 0 radical (unpaired) electrons. The van der Waals surface area contributed by atoms with Crippen molar-refractivity contribution in [1.29, 1.82) is 0 Å². The van der Waals surface area contributed by atoms with Crippen molar-refractivity contribution in [3.05, 3.63) is 47.9 Å². The molecule has 0 unspecified atom stereocenters. The molecule has 0 saturated carbocycles.